The number of likely N-dealkylation sites (tertiary alicyclic amines) is 1. The monoisotopic (exact) mass is 295 g/mol. The smallest absolute Gasteiger partial charge is 0.144 e. The van der Waals surface area contributed by atoms with Crippen LogP contribution in [0.1, 0.15) is 71.6 Å². The van der Waals surface area contributed by atoms with Gasteiger partial charge in [0.05, 0.1) is 0 Å². The highest BCUT2D eigenvalue weighted by molar-refractivity contribution is 5.85. The first-order valence-electron chi connectivity index (χ1n) is 8.68. The lowest BCUT2D eigenvalue weighted by Gasteiger charge is -2.44. The van der Waals surface area contributed by atoms with E-state index in [-0.39, 0.29) is 5.41 Å². The summed E-state index contributed by atoms with van der Waals surface area (Å²) in [6.07, 6.45) is 12.2. The van der Waals surface area contributed by atoms with Crippen molar-refractivity contribution in [2.24, 2.45) is 21.7 Å². The summed E-state index contributed by atoms with van der Waals surface area (Å²) in [7, 11) is 0. The molecule has 0 amide bonds. The summed E-state index contributed by atoms with van der Waals surface area (Å²) >= 11 is 0. The first kappa shape index (κ1) is 16.6. The standard InChI is InChI=1S/C17H33N3O/c1-16(2,15(18)19-21)7-6-12-20-13-10-17(11-14-20)8-4-3-5-9-17/h21H,3-14H2,1-2H3,(H2,18,19). The van der Waals surface area contributed by atoms with Crippen molar-refractivity contribution in [2.75, 3.05) is 19.6 Å². The Morgan fingerprint density at radius 3 is 2.33 bits per heavy atom. The minimum Gasteiger partial charge on any atom is -0.409 e. The van der Waals surface area contributed by atoms with Crippen molar-refractivity contribution >= 4 is 5.84 Å². The summed E-state index contributed by atoms with van der Waals surface area (Å²) in [5.74, 6) is 0.349. The Morgan fingerprint density at radius 2 is 1.76 bits per heavy atom. The summed E-state index contributed by atoms with van der Waals surface area (Å²) in [6, 6.07) is 0. The molecule has 1 saturated heterocycles. The third-order valence-corrected chi connectivity index (χ3v) is 5.91. The normalized spacial score (nSPS) is 24.4. The van der Waals surface area contributed by atoms with Gasteiger partial charge in [0.1, 0.15) is 5.84 Å². The topological polar surface area (TPSA) is 61.8 Å². The van der Waals surface area contributed by atoms with Crippen LogP contribution >= 0.6 is 0 Å². The fourth-order valence-electron chi connectivity index (χ4n) is 4.06. The van der Waals surface area contributed by atoms with Crippen LogP contribution in [0, 0.1) is 10.8 Å². The Labute approximate surface area is 129 Å². The molecular weight excluding hydrogens is 262 g/mol. The van der Waals surface area contributed by atoms with Crippen LogP contribution in [0.3, 0.4) is 0 Å². The molecule has 1 saturated carbocycles. The second-order valence-electron chi connectivity index (χ2n) is 7.87. The number of hydrogen-bond donors (Lipinski definition) is 2. The van der Waals surface area contributed by atoms with Gasteiger partial charge < -0.3 is 15.8 Å². The average Bonchev–Trinajstić information content (AvgIpc) is 2.49. The number of nitrogens with zero attached hydrogens (tertiary/aromatic N) is 2. The SMILES string of the molecule is CC(C)(CCCN1CCC2(CCCCC2)CC1)C(N)=NO. The maximum atomic E-state index is 8.81. The molecule has 0 unspecified atom stereocenters. The van der Waals surface area contributed by atoms with Gasteiger partial charge in [-0.2, -0.15) is 0 Å². The Bertz CT molecular complexity index is 349. The molecule has 0 aromatic heterocycles. The molecule has 2 aliphatic rings. The van der Waals surface area contributed by atoms with Gasteiger partial charge in [-0.25, -0.2) is 0 Å². The molecule has 0 aromatic carbocycles. The highest BCUT2D eigenvalue weighted by Gasteiger charge is 2.35. The van der Waals surface area contributed by atoms with Crippen molar-refractivity contribution in [3.05, 3.63) is 0 Å². The maximum Gasteiger partial charge on any atom is 0.144 e. The van der Waals surface area contributed by atoms with Crippen molar-refractivity contribution in [1.82, 2.24) is 4.90 Å². The molecule has 2 rings (SSSR count). The minimum absolute atomic E-state index is 0.199. The van der Waals surface area contributed by atoms with E-state index < -0.39 is 0 Å². The Balaban J connectivity index is 1.69. The minimum atomic E-state index is -0.199. The maximum absolute atomic E-state index is 8.81. The summed E-state index contributed by atoms with van der Waals surface area (Å²) < 4.78 is 0. The molecule has 1 aliphatic carbocycles. The Hall–Kier alpha value is -0.770. The Morgan fingerprint density at radius 1 is 1.14 bits per heavy atom. The first-order valence-corrected chi connectivity index (χ1v) is 8.68. The van der Waals surface area contributed by atoms with Crippen LogP contribution in [-0.2, 0) is 0 Å². The first-order chi connectivity index (χ1) is 9.97. The third kappa shape index (κ3) is 4.35. The average molecular weight is 295 g/mol. The van der Waals surface area contributed by atoms with Gasteiger partial charge in [-0.3, -0.25) is 0 Å². The van der Waals surface area contributed by atoms with E-state index in [1.807, 2.05) is 0 Å². The van der Waals surface area contributed by atoms with Crippen molar-refractivity contribution in [3.63, 3.8) is 0 Å². The molecule has 4 heteroatoms. The lowest BCUT2D eigenvalue weighted by molar-refractivity contribution is 0.0662. The van der Waals surface area contributed by atoms with E-state index >= 15 is 0 Å². The van der Waals surface area contributed by atoms with Crippen molar-refractivity contribution in [1.29, 1.82) is 0 Å². The second-order valence-corrected chi connectivity index (χ2v) is 7.87. The summed E-state index contributed by atoms with van der Waals surface area (Å²) in [6.45, 7) is 7.79. The summed E-state index contributed by atoms with van der Waals surface area (Å²) in [5, 5.41) is 12.0. The van der Waals surface area contributed by atoms with Crippen LogP contribution < -0.4 is 5.73 Å². The number of hydrogen-bond acceptors (Lipinski definition) is 3. The highest BCUT2D eigenvalue weighted by Crippen LogP contribution is 2.44. The zero-order chi connectivity index (χ0) is 15.3. The molecule has 0 bridgehead atoms. The van der Waals surface area contributed by atoms with Gasteiger partial charge in [0.2, 0.25) is 0 Å². The quantitative estimate of drug-likeness (QED) is 0.353. The zero-order valence-corrected chi connectivity index (χ0v) is 13.9. The van der Waals surface area contributed by atoms with E-state index in [4.69, 9.17) is 10.9 Å². The highest BCUT2D eigenvalue weighted by atomic mass is 16.4. The summed E-state index contributed by atoms with van der Waals surface area (Å²) in [5.41, 5.74) is 6.25. The largest absolute Gasteiger partial charge is 0.409 e. The van der Waals surface area contributed by atoms with E-state index in [9.17, 15) is 0 Å². The fourth-order valence-corrected chi connectivity index (χ4v) is 4.06. The molecule has 2 fully saturated rings. The molecule has 3 N–H and O–H groups in total. The number of amidine groups is 1. The second kappa shape index (κ2) is 6.99. The van der Waals surface area contributed by atoms with Gasteiger partial charge in [-0.05, 0) is 63.6 Å². The van der Waals surface area contributed by atoms with Crippen molar-refractivity contribution < 1.29 is 5.21 Å². The van der Waals surface area contributed by atoms with Crippen LogP contribution in [-0.4, -0.2) is 35.6 Å². The fraction of sp³-hybridized carbons (Fsp3) is 0.941. The van der Waals surface area contributed by atoms with Gasteiger partial charge in [0, 0.05) is 5.41 Å². The molecule has 122 valence electrons. The number of rotatable bonds is 5. The number of oxime groups is 1. The van der Waals surface area contributed by atoms with Crippen molar-refractivity contribution in [3.8, 4) is 0 Å². The molecule has 4 nitrogen and oxygen atoms in total. The van der Waals surface area contributed by atoms with Gasteiger partial charge in [0.25, 0.3) is 0 Å². The van der Waals surface area contributed by atoms with E-state index in [0.717, 1.165) is 19.4 Å². The van der Waals surface area contributed by atoms with Crippen LogP contribution in [0.25, 0.3) is 0 Å². The molecule has 0 aromatic rings. The van der Waals surface area contributed by atoms with Crippen LogP contribution in [0.5, 0.6) is 0 Å². The van der Waals surface area contributed by atoms with Gasteiger partial charge in [-0.1, -0.05) is 38.3 Å². The molecule has 1 spiro atoms. The lowest BCUT2D eigenvalue weighted by atomic mass is 9.68. The van der Waals surface area contributed by atoms with Gasteiger partial charge >= 0.3 is 0 Å². The predicted molar refractivity (Wildman–Crippen MR) is 87.6 cm³/mol. The number of nitrogens with two attached hydrogens (primary N) is 1. The molecule has 0 radical (unpaired) electrons. The van der Waals surface area contributed by atoms with Crippen LogP contribution in [0.2, 0.25) is 0 Å². The van der Waals surface area contributed by atoms with E-state index in [0.29, 0.717) is 11.3 Å². The zero-order valence-electron chi connectivity index (χ0n) is 13.9. The van der Waals surface area contributed by atoms with Gasteiger partial charge in [0.15, 0.2) is 0 Å². The lowest BCUT2D eigenvalue weighted by Crippen LogP contribution is -2.41. The predicted octanol–water partition coefficient (Wildman–Crippen LogP) is 3.59. The summed E-state index contributed by atoms with van der Waals surface area (Å²) in [4.78, 5) is 2.61. The molecule has 0 atom stereocenters. The van der Waals surface area contributed by atoms with Crippen LogP contribution in [0.15, 0.2) is 5.16 Å². The van der Waals surface area contributed by atoms with E-state index in [1.165, 1.54) is 58.0 Å². The van der Waals surface area contributed by atoms with Crippen LogP contribution in [0.4, 0.5) is 0 Å². The van der Waals surface area contributed by atoms with E-state index in [1.54, 1.807) is 0 Å². The number of piperidine rings is 1. The molecule has 21 heavy (non-hydrogen) atoms. The molecule has 1 aliphatic heterocycles. The third-order valence-electron chi connectivity index (χ3n) is 5.91. The van der Waals surface area contributed by atoms with Gasteiger partial charge in [-0.15, -0.1) is 0 Å². The molecular formula is C17H33N3O. The molecule has 1 heterocycles. The Kier molecular flexibility index (Phi) is 5.53. The van der Waals surface area contributed by atoms with E-state index in [2.05, 4.69) is 23.9 Å². The van der Waals surface area contributed by atoms with Crippen molar-refractivity contribution in [2.45, 2.75) is 71.6 Å².